The Balaban J connectivity index is 1.84. The fourth-order valence-electron chi connectivity index (χ4n) is 2.21. The molecule has 0 aliphatic carbocycles. The van der Waals surface area contributed by atoms with Gasteiger partial charge < -0.3 is 15.2 Å². The van der Waals surface area contributed by atoms with E-state index in [-0.39, 0.29) is 30.0 Å². The molecule has 2 N–H and O–H groups in total. The quantitative estimate of drug-likeness (QED) is 0.851. The second kappa shape index (κ2) is 7.72. The number of nitrogens with zero attached hydrogens (tertiary/aromatic N) is 1. The predicted octanol–water partition coefficient (Wildman–Crippen LogP) is 2.76. The van der Waals surface area contributed by atoms with E-state index in [1.807, 2.05) is 6.92 Å². The largest absolute Gasteiger partial charge is 0.360 e. The zero-order valence-electron chi connectivity index (χ0n) is 13.8. The Morgan fingerprint density at radius 2 is 1.92 bits per heavy atom. The summed E-state index contributed by atoms with van der Waals surface area (Å²) < 4.78 is 17.8. The van der Waals surface area contributed by atoms with Crippen LogP contribution in [0.2, 0.25) is 0 Å². The van der Waals surface area contributed by atoms with Gasteiger partial charge in [-0.25, -0.2) is 4.39 Å². The van der Waals surface area contributed by atoms with Crippen molar-refractivity contribution in [2.75, 3.05) is 5.32 Å². The molecule has 0 radical (unpaired) electrons. The normalized spacial score (nSPS) is 13.2. The van der Waals surface area contributed by atoms with Gasteiger partial charge in [-0.2, -0.15) is 0 Å². The number of anilines is 1. The summed E-state index contributed by atoms with van der Waals surface area (Å²) in [7, 11) is 0. The number of hydrogen-bond donors (Lipinski definition) is 2. The molecule has 1 heterocycles. The Bertz CT molecular complexity index is 712. The second-order valence-electron chi connectivity index (χ2n) is 5.76. The lowest BCUT2D eigenvalue weighted by atomic mass is 9.97. The third-order valence-electron chi connectivity index (χ3n) is 3.58. The molecule has 7 heteroatoms. The predicted molar refractivity (Wildman–Crippen MR) is 86.9 cm³/mol. The van der Waals surface area contributed by atoms with Gasteiger partial charge in [0.1, 0.15) is 17.6 Å². The molecular formula is C17H20FN3O3. The molecule has 2 atom stereocenters. The summed E-state index contributed by atoms with van der Waals surface area (Å²) in [6.45, 7) is 5.17. The molecule has 0 spiro atoms. The lowest BCUT2D eigenvalue weighted by Crippen LogP contribution is -2.41. The minimum Gasteiger partial charge on any atom is -0.360 e. The van der Waals surface area contributed by atoms with Crippen LogP contribution in [0.4, 0.5) is 10.2 Å². The van der Waals surface area contributed by atoms with Crippen LogP contribution in [0.5, 0.6) is 0 Å². The standard InChI is InChI=1S/C17H20FN3O3/c1-10(13-4-6-14(18)7-5-13)8-16(22)19-12(3)17(23)20-15-9-11(2)24-21-15/h4-7,9-10,12H,8H2,1-3H3,(H,19,22)(H,20,21,23)/t10?,12-/m0/s1. The van der Waals surface area contributed by atoms with E-state index >= 15 is 0 Å². The van der Waals surface area contributed by atoms with Crippen molar-refractivity contribution < 1.29 is 18.5 Å². The molecule has 0 saturated carbocycles. The van der Waals surface area contributed by atoms with Crippen molar-refractivity contribution in [3.63, 3.8) is 0 Å². The van der Waals surface area contributed by atoms with Crippen molar-refractivity contribution in [2.24, 2.45) is 0 Å². The molecule has 0 bridgehead atoms. The third-order valence-corrected chi connectivity index (χ3v) is 3.58. The van der Waals surface area contributed by atoms with Gasteiger partial charge in [-0.1, -0.05) is 24.2 Å². The van der Waals surface area contributed by atoms with Crippen LogP contribution >= 0.6 is 0 Å². The first-order valence-corrected chi connectivity index (χ1v) is 7.64. The summed E-state index contributed by atoms with van der Waals surface area (Å²) in [5.74, 6) is -0.159. The SMILES string of the molecule is Cc1cc(NC(=O)[C@H](C)NC(=O)CC(C)c2ccc(F)cc2)no1. The number of carbonyl (C=O) groups excluding carboxylic acids is 2. The van der Waals surface area contributed by atoms with E-state index in [1.165, 1.54) is 12.1 Å². The van der Waals surface area contributed by atoms with Crippen LogP contribution in [0, 0.1) is 12.7 Å². The highest BCUT2D eigenvalue weighted by molar-refractivity contribution is 5.96. The van der Waals surface area contributed by atoms with Crippen molar-refractivity contribution in [3.05, 3.63) is 47.5 Å². The van der Waals surface area contributed by atoms with E-state index in [1.54, 1.807) is 32.0 Å². The minimum atomic E-state index is -0.713. The molecule has 0 fully saturated rings. The number of aryl methyl sites for hydroxylation is 1. The van der Waals surface area contributed by atoms with Crippen LogP contribution in [0.25, 0.3) is 0 Å². The van der Waals surface area contributed by atoms with Crippen LogP contribution in [0.3, 0.4) is 0 Å². The highest BCUT2D eigenvalue weighted by atomic mass is 19.1. The Kier molecular flexibility index (Phi) is 5.68. The van der Waals surface area contributed by atoms with Crippen LogP contribution in [-0.4, -0.2) is 23.0 Å². The number of hydrogen-bond acceptors (Lipinski definition) is 4. The highest BCUT2D eigenvalue weighted by Gasteiger charge is 2.19. The average Bonchev–Trinajstić information content (AvgIpc) is 2.92. The summed E-state index contributed by atoms with van der Waals surface area (Å²) in [5, 5.41) is 8.86. The summed E-state index contributed by atoms with van der Waals surface area (Å²) in [4.78, 5) is 24.1. The number of amides is 2. The maximum absolute atomic E-state index is 12.9. The maximum atomic E-state index is 12.9. The molecule has 0 saturated heterocycles. The summed E-state index contributed by atoms with van der Waals surface area (Å²) in [6, 6.07) is 6.89. The first-order chi connectivity index (χ1) is 11.3. The number of nitrogens with one attached hydrogen (secondary N) is 2. The Hall–Kier alpha value is -2.70. The van der Waals surface area contributed by atoms with Gasteiger partial charge in [-0.15, -0.1) is 0 Å². The van der Waals surface area contributed by atoms with E-state index in [0.29, 0.717) is 11.6 Å². The van der Waals surface area contributed by atoms with E-state index in [4.69, 9.17) is 4.52 Å². The molecule has 24 heavy (non-hydrogen) atoms. The smallest absolute Gasteiger partial charge is 0.247 e. The van der Waals surface area contributed by atoms with Crippen LogP contribution in [0.15, 0.2) is 34.9 Å². The number of rotatable bonds is 6. The molecule has 128 valence electrons. The van der Waals surface area contributed by atoms with E-state index in [0.717, 1.165) is 5.56 Å². The van der Waals surface area contributed by atoms with Crippen LogP contribution in [-0.2, 0) is 9.59 Å². The van der Waals surface area contributed by atoms with E-state index < -0.39 is 6.04 Å². The molecule has 1 aromatic carbocycles. The highest BCUT2D eigenvalue weighted by Crippen LogP contribution is 2.19. The topological polar surface area (TPSA) is 84.2 Å². The number of aromatic nitrogens is 1. The van der Waals surface area contributed by atoms with E-state index in [9.17, 15) is 14.0 Å². The summed E-state index contributed by atoms with van der Waals surface area (Å²) in [6.07, 6.45) is 0.201. The zero-order valence-corrected chi connectivity index (χ0v) is 13.8. The van der Waals surface area contributed by atoms with Gasteiger partial charge in [0.05, 0.1) is 0 Å². The zero-order chi connectivity index (χ0) is 17.7. The number of benzene rings is 1. The first kappa shape index (κ1) is 17.7. The first-order valence-electron chi connectivity index (χ1n) is 7.64. The molecule has 0 aliphatic rings. The minimum absolute atomic E-state index is 0.0842. The molecular weight excluding hydrogens is 313 g/mol. The fourth-order valence-corrected chi connectivity index (χ4v) is 2.21. The van der Waals surface area contributed by atoms with Crippen molar-refractivity contribution in [1.29, 1.82) is 0 Å². The van der Waals surface area contributed by atoms with Gasteiger partial charge in [0.25, 0.3) is 0 Å². The average molecular weight is 333 g/mol. The molecule has 2 aromatic rings. The Labute approximate surface area is 139 Å². The lowest BCUT2D eigenvalue weighted by molar-refractivity contribution is -0.126. The number of carbonyl (C=O) groups is 2. The molecule has 0 aliphatic heterocycles. The molecule has 2 amide bonds. The Morgan fingerprint density at radius 1 is 1.25 bits per heavy atom. The Morgan fingerprint density at radius 3 is 2.50 bits per heavy atom. The van der Waals surface area contributed by atoms with Crippen molar-refractivity contribution >= 4 is 17.6 Å². The fraction of sp³-hybridized carbons (Fsp3) is 0.353. The van der Waals surface area contributed by atoms with Gasteiger partial charge in [0.15, 0.2) is 5.82 Å². The lowest BCUT2D eigenvalue weighted by Gasteiger charge is -2.16. The molecule has 1 unspecified atom stereocenters. The number of halogens is 1. The third kappa shape index (κ3) is 4.91. The molecule has 6 nitrogen and oxygen atoms in total. The second-order valence-corrected chi connectivity index (χ2v) is 5.76. The van der Waals surface area contributed by atoms with Crippen molar-refractivity contribution in [1.82, 2.24) is 10.5 Å². The van der Waals surface area contributed by atoms with Gasteiger partial charge in [-0.3, -0.25) is 9.59 Å². The summed E-state index contributed by atoms with van der Waals surface area (Å²) >= 11 is 0. The van der Waals surface area contributed by atoms with Crippen LogP contribution in [0.1, 0.15) is 37.5 Å². The van der Waals surface area contributed by atoms with Crippen molar-refractivity contribution in [2.45, 2.75) is 39.2 Å². The van der Waals surface area contributed by atoms with Gasteiger partial charge in [0, 0.05) is 12.5 Å². The van der Waals surface area contributed by atoms with Gasteiger partial charge >= 0.3 is 0 Å². The van der Waals surface area contributed by atoms with Gasteiger partial charge in [0.2, 0.25) is 11.8 Å². The van der Waals surface area contributed by atoms with Gasteiger partial charge in [-0.05, 0) is 37.5 Å². The van der Waals surface area contributed by atoms with Crippen LogP contribution < -0.4 is 10.6 Å². The maximum Gasteiger partial charge on any atom is 0.247 e. The van der Waals surface area contributed by atoms with E-state index in [2.05, 4.69) is 15.8 Å². The summed E-state index contributed by atoms with van der Waals surface area (Å²) in [5.41, 5.74) is 0.863. The molecule has 1 aromatic heterocycles. The molecule has 2 rings (SSSR count). The monoisotopic (exact) mass is 333 g/mol. The van der Waals surface area contributed by atoms with Crippen molar-refractivity contribution in [3.8, 4) is 0 Å².